The molecule has 1 saturated carbocycles. The molecule has 180 valence electrons. The number of aromatic nitrogens is 4. The smallest absolute Gasteiger partial charge is 0.227 e. The Bertz CT molecular complexity index is 1160. The van der Waals surface area contributed by atoms with Gasteiger partial charge in [0, 0.05) is 31.1 Å². The highest BCUT2D eigenvalue weighted by Gasteiger charge is 2.38. The Kier molecular flexibility index (Phi) is 7.09. The molecule has 9 nitrogen and oxygen atoms in total. The van der Waals surface area contributed by atoms with Crippen LogP contribution in [0.4, 0.5) is 5.69 Å². The van der Waals surface area contributed by atoms with E-state index in [0.29, 0.717) is 23.8 Å². The zero-order valence-electron chi connectivity index (χ0n) is 20.1. The number of hydrogen-bond acceptors (Lipinski definition) is 6. The van der Waals surface area contributed by atoms with Crippen molar-refractivity contribution in [3.8, 4) is 5.69 Å². The Balaban J connectivity index is 1.39. The molecule has 2 N–H and O–H groups in total. The first-order valence-corrected chi connectivity index (χ1v) is 11.9. The van der Waals surface area contributed by atoms with Crippen LogP contribution in [0.2, 0.25) is 0 Å². The van der Waals surface area contributed by atoms with Gasteiger partial charge in [-0.25, -0.2) is 4.68 Å². The topological polar surface area (TPSA) is 115 Å². The first kappa shape index (κ1) is 23.7. The van der Waals surface area contributed by atoms with Crippen molar-refractivity contribution in [2.24, 2.45) is 0 Å². The lowest BCUT2D eigenvalue weighted by molar-refractivity contribution is -0.121. The van der Waals surface area contributed by atoms with Crippen molar-refractivity contribution in [1.82, 2.24) is 25.2 Å². The van der Waals surface area contributed by atoms with Gasteiger partial charge < -0.3 is 15.2 Å². The van der Waals surface area contributed by atoms with E-state index in [2.05, 4.69) is 25.9 Å². The molecular formula is C25H32N6O3. The molecule has 1 aromatic carbocycles. The Labute approximate surface area is 199 Å². The molecule has 1 aliphatic rings. The summed E-state index contributed by atoms with van der Waals surface area (Å²) in [4.78, 5) is 29.0. The normalized spacial score (nSPS) is 15.5. The zero-order valence-corrected chi connectivity index (χ0v) is 20.1. The number of hydrogen-bond donors (Lipinski definition) is 2. The quantitative estimate of drug-likeness (QED) is 0.508. The molecule has 3 aromatic rings. The van der Waals surface area contributed by atoms with E-state index in [9.17, 15) is 9.59 Å². The number of nitrogens with one attached hydrogen (secondary N) is 2. The van der Waals surface area contributed by atoms with E-state index < -0.39 is 5.54 Å². The van der Waals surface area contributed by atoms with Crippen molar-refractivity contribution >= 4 is 17.5 Å². The van der Waals surface area contributed by atoms with Gasteiger partial charge in [0.1, 0.15) is 5.54 Å². The van der Waals surface area contributed by atoms with E-state index in [-0.39, 0.29) is 18.2 Å². The Morgan fingerprint density at radius 1 is 1.12 bits per heavy atom. The fraction of sp³-hybridized carbons (Fsp3) is 0.480. The summed E-state index contributed by atoms with van der Waals surface area (Å²) >= 11 is 0. The maximum absolute atomic E-state index is 12.6. The number of anilines is 1. The summed E-state index contributed by atoms with van der Waals surface area (Å²) in [6.07, 6.45) is 6.38. The molecule has 0 spiro atoms. The average molecular weight is 465 g/mol. The highest BCUT2D eigenvalue weighted by atomic mass is 16.5. The lowest BCUT2D eigenvalue weighted by Gasteiger charge is -2.30. The number of amides is 2. The molecule has 4 rings (SSSR count). The molecule has 0 bridgehead atoms. The van der Waals surface area contributed by atoms with Crippen LogP contribution in [0.5, 0.6) is 0 Å². The molecule has 34 heavy (non-hydrogen) atoms. The molecule has 0 unspecified atom stereocenters. The van der Waals surface area contributed by atoms with Gasteiger partial charge in [0.05, 0.1) is 11.4 Å². The predicted octanol–water partition coefficient (Wildman–Crippen LogP) is 4.13. The average Bonchev–Trinajstić information content (AvgIpc) is 3.33. The fourth-order valence-electron chi connectivity index (χ4n) is 4.67. The predicted molar refractivity (Wildman–Crippen MR) is 127 cm³/mol. The SMILES string of the molecule is CC(=O)NC1(c2noc(CCC(=O)Nc3cccc(-n4nc(C)cc4C)c3)n2)CCCCCC1. The zero-order chi connectivity index (χ0) is 24.1. The van der Waals surface area contributed by atoms with Gasteiger partial charge in [0.2, 0.25) is 17.7 Å². The third kappa shape index (κ3) is 5.52. The first-order valence-electron chi connectivity index (χ1n) is 11.9. The van der Waals surface area contributed by atoms with Gasteiger partial charge in [0.15, 0.2) is 5.82 Å². The largest absolute Gasteiger partial charge is 0.343 e. The van der Waals surface area contributed by atoms with E-state index in [1.54, 1.807) is 0 Å². The Morgan fingerprint density at radius 2 is 1.88 bits per heavy atom. The standard InChI is InChI=1S/C25H32N6O3/c1-17-15-18(2)31(29-17)21-10-8-9-20(16-21)26-22(33)11-12-23-27-24(30-34-23)25(28-19(3)32)13-6-4-5-7-14-25/h8-10,15-16H,4-7,11-14H2,1-3H3,(H,26,33)(H,28,32). The summed E-state index contributed by atoms with van der Waals surface area (Å²) in [5, 5.41) is 14.7. The second-order valence-electron chi connectivity index (χ2n) is 9.13. The number of carbonyl (C=O) groups is 2. The van der Waals surface area contributed by atoms with Crippen LogP contribution < -0.4 is 10.6 Å². The number of aryl methyl sites for hydroxylation is 3. The van der Waals surface area contributed by atoms with E-state index in [0.717, 1.165) is 55.6 Å². The molecule has 2 aromatic heterocycles. The molecule has 9 heteroatoms. The first-order chi connectivity index (χ1) is 16.3. The second kappa shape index (κ2) is 10.2. The number of benzene rings is 1. The van der Waals surface area contributed by atoms with Crippen LogP contribution in [0.3, 0.4) is 0 Å². The monoisotopic (exact) mass is 464 g/mol. The highest BCUT2D eigenvalue weighted by Crippen LogP contribution is 2.34. The summed E-state index contributed by atoms with van der Waals surface area (Å²) in [6, 6.07) is 9.59. The maximum Gasteiger partial charge on any atom is 0.227 e. The lowest BCUT2D eigenvalue weighted by Crippen LogP contribution is -2.45. The van der Waals surface area contributed by atoms with Crippen molar-refractivity contribution in [2.75, 3.05) is 5.32 Å². The van der Waals surface area contributed by atoms with Crippen molar-refractivity contribution in [3.05, 3.63) is 53.4 Å². The van der Waals surface area contributed by atoms with E-state index >= 15 is 0 Å². The third-order valence-corrected chi connectivity index (χ3v) is 6.22. The van der Waals surface area contributed by atoms with Gasteiger partial charge in [-0.2, -0.15) is 10.1 Å². The van der Waals surface area contributed by atoms with Crippen LogP contribution in [0.15, 0.2) is 34.9 Å². The van der Waals surface area contributed by atoms with Gasteiger partial charge >= 0.3 is 0 Å². The summed E-state index contributed by atoms with van der Waals surface area (Å²) < 4.78 is 7.30. The van der Waals surface area contributed by atoms with Crippen molar-refractivity contribution in [2.45, 2.75) is 77.7 Å². The molecule has 0 saturated heterocycles. The van der Waals surface area contributed by atoms with Gasteiger partial charge in [-0.1, -0.05) is 36.9 Å². The third-order valence-electron chi connectivity index (χ3n) is 6.22. The van der Waals surface area contributed by atoms with Crippen LogP contribution in [0.1, 0.15) is 75.0 Å². The number of nitrogens with zero attached hydrogens (tertiary/aromatic N) is 4. The summed E-state index contributed by atoms with van der Waals surface area (Å²) in [7, 11) is 0. The molecular weight excluding hydrogens is 432 g/mol. The molecule has 0 atom stereocenters. The van der Waals surface area contributed by atoms with Gasteiger partial charge in [0.25, 0.3) is 0 Å². The van der Waals surface area contributed by atoms with Crippen LogP contribution in [0.25, 0.3) is 5.69 Å². The summed E-state index contributed by atoms with van der Waals surface area (Å²) in [6.45, 7) is 5.46. The van der Waals surface area contributed by atoms with E-state index in [1.807, 2.05) is 48.9 Å². The molecule has 0 radical (unpaired) electrons. The number of carbonyl (C=O) groups excluding carboxylic acids is 2. The van der Waals surface area contributed by atoms with E-state index in [1.165, 1.54) is 6.92 Å². The molecule has 2 heterocycles. The molecule has 1 fully saturated rings. The Morgan fingerprint density at radius 3 is 2.56 bits per heavy atom. The lowest BCUT2D eigenvalue weighted by atomic mass is 9.89. The van der Waals surface area contributed by atoms with Crippen LogP contribution in [-0.4, -0.2) is 31.7 Å². The van der Waals surface area contributed by atoms with Gasteiger partial charge in [-0.05, 0) is 51.0 Å². The van der Waals surface area contributed by atoms with Crippen molar-refractivity contribution < 1.29 is 14.1 Å². The Hall–Kier alpha value is -3.49. The van der Waals surface area contributed by atoms with Gasteiger partial charge in [-0.15, -0.1) is 0 Å². The van der Waals surface area contributed by atoms with Crippen LogP contribution in [0, 0.1) is 13.8 Å². The second-order valence-corrected chi connectivity index (χ2v) is 9.13. The number of rotatable bonds is 7. The fourth-order valence-corrected chi connectivity index (χ4v) is 4.67. The van der Waals surface area contributed by atoms with Crippen LogP contribution >= 0.6 is 0 Å². The molecule has 2 amide bonds. The minimum atomic E-state index is -0.588. The summed E-state index contributed by atoms with van der Waals surface area (Å²) in [5.74, 6) is 0.666. The van der Waals surface area contributed by atoms with Gasteiger partial charge in [-0.3, -0.25) is 9.59 Å². The minimum absolute atomic E-state index is 0.102. The van der Waals surface area contributed by atoms with E-state index in [4.69, 9.17) is 4.52 Å². The maximum atomic E-state index is 12.6. The molecule has 1 aliphatic carbocycles. The minimum Gasteiger partial charge on any atom is -0.343 e. The van der Waals surface area contributed by atoms with Crippen molar-refractivity contribution in [3.63, 3.8) is 0 Å². The highest BCUT2D eigenvalue weighted by molar-refractivity contribution is 5.91. The van der Waals surface area contributed by atoms with Crippen LogP contribution in [-0.2, 0) is 21.5 Å². The molecule has 0 aliphatic heterocycles. The van der Waals surface area contributed by atoms with Crippen molar-refractivity contribution in [1.29, 1.82) is 0 Å². The summed E-state index contributed by atoms with van der Waals surface area (Å²) in [5.41, 5.74) is 2.96.